The lowest BCUT2D eigenvalue weighted by Gasteiger charge is -2.03. The van der Waals surface area contributed by atoms with Crippen LogP contribution in [-0.4, -0.2) is 21.9 Å². The molecular formula is C13H15N3OS. The Morgan fingerprint density at radius 1 is 1.39 bits per heavy atom. The first-order chi connectivity index (χ1) is 8.72. The van der Waals surface area contributed by atoms with Crippen LogP contribution in [0.1, 0.15) is 16.1 Å². The van der Waals surface area contributed by atoms with Gasteiger partial charge in [-0.3, -0.25) is 4.79 Å². The van der Waals surface area contributed by atoms with Crippen LogP contribution in [0.15, 0.2) is 41.7 Å². The molecule has 0 aliphatic heterocycles. The van der Waals surface area contributed by atoms with E-state index in [1.807, 2.05) is 25.2 Å². The molecule has 0 spiro atoms. The normalized spacial score (nSPS) is 10.6. The van der Waals surface area contributed by atoms with Crippen molar-refractivity contribution >= 4 is 17.5 Å². The quantitative estimate of drug-likeness (QED) is 0.659. The molecule has 0 aliphatic carbocycles. The first-order valence-electron chi connectivity index (χ1n) is 5.63. The molecule has 1 aromatic carbocycles. The fraction of sp³-hybridized carbons (Fsp3) is 0.231. The second kappa shape index (κ2) is 5.84. The average molecular weight is 261 g/mol. The summed E-state index contributed by atoms with van der Waals surface area (Å²) in [4.78, 5) is 16.0. The minimum atomic E-state index is -0.0782. The molecule has 1 aromatic heterocycles. The summed E-state index contributed by atoms with van der Waals surface area (Å²) < 4.78 is 1.72. The van der Waals surface area contributed by atoms with Crippen LogP contribution in [0.4, 0.5) is 0 Å². The Bertz CT molecular complexity index is 536. The lowest BCUT2D eigenvalue weighted by Crippen LogP contribution is -2.17. The van der Waals surface area contributed by atoms with Gasteiger partial charge in [0.15, 0.2) is 5.78 Å². The molecule has 2 aromatic rings. The number of ketones is 1. The first kappa shape index (κ1) is 12.9. The summed E-state index contributed by atoms with van der Waals surface area (Å²) >= 11 is 1.56. The van der Waals surface area contributed by atoms with Crippen LogP contribution in [0.5, 0.6) is 0 Å². The number of hydrogen-bond donors (Lipinski definition) is 1. The summed E-state index contributed by atoms with van der Waals surface area (Å²) in [5.74, 6) is 0.716. The summed E-state index contributed by atoms with van der Waals surface area (Å²) in [5.41, 5.74) is 7.21. The lowest BCUT2D eigenvalue weighted by molar-refractivity contribution is 0.0990. The maximum atomic E-state index is 11.7. The van der Waals surface area contributed by atoms with Gasteiger partial charge in [-0.2, -0.15) is 0 Å². The van der Waals surface area contributed by atoms with Crippen molar-refractivity contribution in [1.29, 1.82) is 0 Å². The maximum absolute atomic E-state index is 11.7. The van der Waals surface area contributed by atoms with Crippen molar-refractivity contribution in [3.63, 3.8) is 0 Å². The number of carbonyl (C=O) groups excluding carboxylic acids is 1. The molecule has 0 fully saturated rings. The molecule has 0 unspecified atom stereocenters. The Morgan fingerprint density at radius 2 is 2.11 bits per heavy atom. The zero-order valence-electron chi connectivity index (χ0n) is 10.2. The minimum absolute atomic E-state index is 0.0123. The molecule has 1 heterocycles. The molecule has 0 saturated heterocycles. The number of Topliss-reactive ketones (excluding diaryl/α,β-unsaturated/α-hetero) is 1. The fourth-order valence-corrected chi connectivity index (χ4v) is 2.67. The third kappa shape index (κ3) is 2.80. The van der Waals surface area contributed by atoms with Crippen molar-refractivity contribution in [1.82, 2.24) is 9.55 Å². The minimum Gasteiger partial charge on any atom is -0.330 e. The topological polar surface area (TPSA) is 60.9 Å². The average Bonchev–Trinajstić information content (AvgIpc) is 2.78. The van der Waals surface area contributed by atoms with Gasteiger partial charge < -0.3 is 10.3 Å². The van der Waals surface area contributed by atoms with Crippen LogP contribution in [0, 0.1) is 0 Å². The molecule has 0 bridgehead atoms. The van der Waals surface area contributed by atoms with Crippen molar-refractivity contribution in [2.45, 2.75) is 10.8 Å². The number of rotatable bonds is 5. The third-order valence-electron chi connectivity index (χ3n) is 2.57. The highest BCUT2D eigenvalue weighted by Crippen LogP contribution is 2.24. The lowest BCUT2D eigenvalue weighted by atomic mass is 10.2. The van der Waals surface area contributed by atoms with Crippen molar-refractivity contribution in [3.8, 4) is 0 Å². The van der Waals surface area contributed by atoms with Gasteiger partial charge in [-0.15, -0.1) is 0 Å². The molecule has 0 saturated carbocycles. The number of nitrogens with zero attached hydrogens (tertiary/aromatic N) is 2. The smallest absolute Gasteiger partial charge is 0.195 e. The summed E-state index contributed by atoms with van der Waals surface area (Å²) in [5, 5.41) is 0.747. The van der Waals surface area contributed by atoms with Gasteiger partial charge in [-0.05, 0) is 5.56 Å². The van der Waals surface area contributed by atoms with Crippen molar-refractivity contribution in [2.75, 3.05) is 6.54 Å². The monoisotopic (exact) mass is 261 g/mol. The van der Waals surface area contributed by atoms with Gasteiger partial charge in [0.25, 0.3) is 0 Å². The molecule has 0 aliphatic rings. The molecule has 0 amide bonds. The summed E-state index contributed by atoms with van der Waals surface area (Å²) in [7, 11) is 1.81. The Kier molecular flexibility index (Phi) is 4.17. The van der Waals surface area contributed by atoms with Crippen LogP contribution >= 0.6 is 11.8 Å². The van der Waals surface area contributed by atoms with E-state index in [4.69, 9.17) is 5.73 Å². The van der Waals surface area contributed by atoms with E-state index in [1.165, 1.54) is 5.56 Å². The highest BCUT2D eigenvalue weighted by Gasteiger charge is 2.15. The molecule has 5 heteroatoms. The highest BCUT2D eigenvalue weighted by molar-refractivity contribution is 7.98. The number of aromatic nitrogens is 2. The number of thioether (sulfide) groups is 1. The van der Waals surface area contributed by atoms with Crippen LogP contribution < -0.4 is 5.73 Å². The van der Waals surface area contributed by atoms with Gasteiger partial charge in [0.1, 0.15) is 10.7 Å². The first-order valence-corrected chi connectivity index (χ1v) is 6.62. The van der Waals surface area contributed by atoms with Crippen molar-refractivity contribution < 1.29 is 4.79 Å². The highest BCUT2D eigenvalue weighted by atomic mass is 32.2. The Morgan fingerprint density at radius 3 is 2.78 bits per heavy atom. The number of hydrogen-bond acceptors (Lipinski definition) is 4. The van der Waals surface area contributed by atoms with Crippen LogP contribution in [0.3, 0.4) is 0 Å². The molecule has 0 radical (unpaired) electrons. The van der Waals surface area contributed by atoms with Gasteiger partial charge >= 0.3 is 0 Å². The Labute approximate surface area is 110 Å². The largest absolute Gasteiger partial charge is 0.330 e. The van der Waals surface area contributed by atoms with E-state index >= 15 is 0 Å². The van der Waals surface area contributed by atoms with Gasteiger partial charge in [0, 0.05) is 12.8 Å². The van der Waals surface area contributed by atoms with E-state index in [1.54, 1.807) is 22.7 Å². The number of nitrogens with two attached hydrogens (primary N) is 1. The van der Waals surface area contributed by atoms with Gasteiger partial charge in [-0.25, -0.2) is 4.98 Å². The van der Waals surface area contributed by atoms with Crippen molar-refractivity contribution in [2.24, 2.45) is 12.8 Å². The molecule has 4 nitrogen and oxygen atoms in total. The number of imidazole rings is 1. The molecule has 0 atom stereocenters. The van der Waals surface area contributed by atoms with Crippen LogP contribution in [-0.2, 0) is 12.8 Å². The molecule has 94 valence electrons. The maximum Gasteiger partial charge on any atom is 0.195 e. The van der Waals surface area contributed by atoms with Crippen LogP contribution in [0.2, 0.25) is 0 Å². The Balaban J connectivity index is 2.13. The van der Waals surface area contributed by atoms with Crippen molar-refractivity contribution in [3.05, 3.63) is 47.9 Å². The van der Waals surface area contributed by atoms with E-state index in [0.717, 1.165) is 10.8 Å². The van der Waals surface area contributed by atoms with Gasteiger partial charge in [0.05, 0.1) is 12.9 Å². The number of carbonyl (C=O) groups is 1. The predicted molar refractivity (Wildman–Crippen MR) is 72.6 cm³/mol. The molecule has 2 rings (SSSR count). The molecule has 18 heavy (non-hydrogen) atoms. The second-order valence-corrected chi connectivity index (χ2v) is 4.87. The van der Waals surface area contributed by atoms with E-state index in [0.29, 0.717) is 5.69 Å². The summed E-state index contributed by atoms with van der Waals surface area (Å²) in [6.45, 7) is 0.0123. The number of benzene rings is 1. The molecular weight excluding hydrogens is 246 g/mol. The Hall–Kier alpha value is -1.59. The standard InChI is InChI=1S/C13H15N3OS/c1-16-9-15-13(12(16)11(17)7-14)18-8-10-5-3-2-4-6-10/h2-6,9H,7-8,14H2,1H3. The predicted octanol–water partition coefficient (Wildman–Crippen LogP) is 1.85. The van der Waals surface area contributed by atoms with E-state index in [-0.39, 0.29) is 12.3 Å². The summed E-state index contributed by atoms with van der Waals surface area (Å²) in [6.07, 6.45) is 1.65. The summed E-state index contributed by atoms with van der Waals surface area (Å²) in [6, 6.07) is 10.1. The third-order valence-corrected chi connectivity index (χ3v) is 3.62. The van der Waals surface area contributed by atoms with Gasteiger partial charge in [0.2, 0.25) is 0 Å². The number of aryl methyl sites for hydroxylation is 1. The van der Waals surface area contributed by atoms with Gasteiger partial charge in [-0.1, -0.05) is 42.1 Å². The van der Waals surface area contributed by atoms with Crippen LogP contribution in [0.25, 0.3) is 0 Å². The van der Waals surface area contributed by atoms with E-state index in [9.17, 15) is 4.79 Å². The molecule has 2 N–H and O–H groups in total. The zero-order chi connectivity index (χ0) is 13.0. The van der Waals surface area contributed by atoms with E-state index in [2.05, 4.69) is 17.1 Å². The zero-order valence-corrected chi connectivity index (χ0v) is 11.0. The van der Waals surface area contributed by atoms with E-state index < -0.39 is 0 Å². The fourth-order valence-electron chi connectivity index (χ4n) is 1.65. The SMILES string of the molecule is Cn1cnc(SCc2ccccc2)c1C(=O)CN. The second-order valence-electron chi connectivity index (χ2n) is 3.91.